The molecule has 0 amide bonds. The molecule has 1 aliphatic carbocycles. The molecule has 1 saturated carbocycles. The predicted molar refractivity (Wildman–Crippen MR) is 72.6 cm³/mol. The van der Waals surface area contributed by atoms with Gasteiger partial charge in [0.15, 0.2) is 0 Å². The summed E-state index contributed by atoms with van der Waals surface area (Å²) < 4.78 is 0. The molecule has 1 N–H and O–H groups in total. The normalized spacial score (nSPS) is 33.2. The summed E-state index contributed by atoms with van der Waals surface area (Å²) in [7, 11) is 0. The summed E-state index contributed by atoms with van der Waals surface area (Å²) in [5.41, 5.74) is -0.463. The molecule has 2 aliphatic rings. The number of nitrogens with zero attached hydrogens (tertiary/aromatic N) is 1. The second-order valence-electron chi connectivity index (χ2n) is 6.62. The van der Waals surface area contributed by atoms with Crippen LogP contribution in [-0.2, 0) is 4.79 Å². The van der Waals surface area contributed by atoms with Crippen LogP contribution in [0.3, 0.4) is 0 Å². The van der Waals surface area contributed by atoms with Crippen LogP contribution >= 0.6 is 0 Å². The fourth-order valence-corrected chi connectivity index (χ4v) is 3.84. The van der Waals surface area contributed by atoms with Gasteiger partial charge in [0.05, 0.1) is 5.41 Å². The Kier molecular flexibility index (Phi) is 4.31. The molecule has 3 nitrogen and oxygen atoms in total. The van der Waals surface area contributed by atoms with Crippen molar-refractivity contribution in [2.75, 3.05) is 13.1 Å². The third-order valence-corrected chi connectivity index (χ3v) is 4.93. The number of likely N-dealkylation sites (tertiary alicyclic amines) is 1. The minimum Gasteiger partial charge on any atom is -0.481 e. The quantitative estimate of drug-likeness (QED) is 0.786. The van der Waals surface area contributed by atoms with Crippen LogP contribution in [0, 0.1) is 11.3 Å². The molecule has 1 aliphatic heterocycles. The van der Waals surface area contributed by atoms with Crippen LogP contribution < -0.4 is 0 Å². The van der Waals surface area contributed by atoms with Gasteiger partial charge in [-0.1, -0.05) is 32.6 Å². The molecule has 2 atom stereocenters. The zero-order valence-electron chi connectivity index (χ0n) is 11.8. The second-order valence-corrected chi connectivity index (χ2v) is 6.62. The highest BCUT2D eigenvalue weighted by Gasteiger charge is 2.42. The Bertz CT molecular complexity index is 295. The van der Waals surface area contributed by atoms with Gasteiger partial charge in [0.25, 0.3) is 0 Å². The first-order chi connectivity index (χ1) is 8.53. The average Bonchev–Trinajstić information content (AvgIpc) is 2.54. The van der Waals surface area contributed by atoms with E-state index in [2.05, 4.69) is 18.7 Å². The number of aliphatic carboxylic acids is 1. The van der Waals surface area contributed by atoms with Crippen molar-refractivity contribution in [1.82, 2.24) is 4.90 Å². The lowest BCUT2D eigenvalue weighted by molar-refractivity contribution is -0.151. The van der Waals surface area contributed by atoms with Gasteiger partial charge in [-0.25, -0.2) is 0 Å². The first-order valence-corrected chi connectivity index (χ1v) is 7.51. The maximum atomic E-state index is 11.8. The van der Waals surface area contributed by atoms with Crippen LogP contribution in [0.2, 0.25) is 0 Å². The number of carbonyl (C=O) groups is 1. The van der Waals surface area contributed by atoms with E-state index in [1.807, 2.05) is 0 Å². The maximum Gasteiger partial charge on any atom is 0.310 e. The van der Waals surface area contributed by atoms with Crippen LogP contribution in [0.5, 0.6) is 0 Å². The lowest BCUT2D eigenvalue weighted by atomic mass is 9.79. The standard InChI is InChI=1S/C15H27NO2/c1-12-9-13(2)16(10-12)11-15(14(17)18)7-5-3-4-6-8-15/h12-13H,3-11H2,1-2H3,(H,17,18). The maximum absolute atomic E-state index is 11.8. The van der Waals surface area contributed by atoms with Gasteiger partial charge in [-0.05, 0) is 32.1 Å². The van der Waals surface area contributed by atoms with Gasteiger partial charge in [-0.15, -0.1) is 0 Å². The van der Waals surface area contributed by atoms with E-state index in [0.717, 1.165) is 44.7 Å². The zero-order chi connectivity index (χ0) is 13.2. The Morgan fingerprint density at radius 2 is 1.83 bits per heavy atom. The molecule has 2 unspecified atom stereocenters. The van der Waals surface area contributed by atoms with E-state index in [9.17, 15) is 9.90 Å². The van der Waals surface area contributed by atoms with E-state index in [1.165, 1.54) is 19.3 Å². The number of hydrogen-bond donors (Lipinski definition) is 1. The topological polar surface area (TPSA) is 40.5 Å². The molecule has 1 saturated heterocycles. The summed E-state index contributed by atoms with van der Waals surface area (Å²) in [6.07, 6.45) is 7.56. The van der Waals surface area contributed by atoms with Crippen LogP contribution in [0.4, 0.5) is 0 Å². The van der Waals surface area contributed by atoms with Crippen molar-refractivity contribution in [1.29, 1.82) is 0 Å². The first-order valence-electron chi connectivity index (χ1n) is 7.51. The van der Waals surface area contributed by atoms with Crippen LogP contribution in [0.25, 0.3) is 0 Å². The van der Waals surface area contributed by atoms with E-state index in [4.69, 9.17) is 0 Å². The third kappa shape index (κ3) is 2.87. The van der Waals surface area contributed by atoms with E-state index in [1.54, 1.807) is 0 Å². The third-order valence-electron chi connectivity index (χ3n) is 4.93. The molecule has 0 bridgehead atoms. The van der Waals surface area contributed by atoms with Gasteiger partial charge >= 0.3 is 5.97 Å². The van der Waals surface area contributed by atoms with Crippen molar-refractivity contribution >= 4 is 5.97 Å². The molecule has 18 heavy (non-hydrogen) atoms. The molecule has 2 rings (SSSR count). The Hall–Kier alpha value is -0.570. The summed E-state index contributed by atoms with van der Waals surface area (Å²) >= 11 is 0. The summed E-state index contributed by atoms with van der Waals surface area (Å²) in [5, 5.41) is 9.70. The Balaban J connectivity index is 2.07. The van der Waals surface area contributed by atoms with Crippen molar-refractivity contribution in [3.05, 3.63) is 0 Å². The lowest BCUT2D eigenvalue weighted by Gasteiger charge is -2.34. The molecule has 3 heteroatoms. The van der Waals surface area contributed by atoms with Crippen molar-refractivity contribution in [2.24, 2.45) is 11.3 Å². The van der Waals surface area contributed by atoms with E-state index < -0.39 is 11.4 Å². The van der Waals surface area contributed by atoms with Gasteiger partial charge in [-0.3, -0.25) is 9.69 Å². The second kappa shape index (κ2) is 5.60. The Morgan fingerprint density at radius 3 is 2.28 bits per heavy atom. The minimum atomic E-state index is -0.559. The lowest BCUT2D eigenvalue weighted by Crippen LogP contribution is -2.44. The molecule has 0 radical (unpaired) electrons. The van der Waals surface area contributed by atoms with E-state index in [0.29, 0.717) is 6.04 Å². The molecule has 1 heterocycles. The van der Waals surface area contributed by atoms with Crippen LogP contribution in [0.15, 0.2) is 0 Å². The summed E-state index contributed by atoms with van der Waals surface area (Å²) in [6, 6.07) is 0.555. The van der Waals surface area contributed by atoms with Gasteiger partial charge < -0.3 is 5.11 Å². The molecule has 2 fully saturated rings. The monoisotopic (exact) mass is 253 g/mol. The fourth-order valence-electron chi connectivity index (χ4n) is 3.84. The van der Waals surface area contributed by atoms with Gasteiger partial charge in [0.1, 0.15) is 0 Å². The van der Waals surface area contributed by atoms with Crippen molar-refractivity contribution in [3.63, 3.8) is 0 Å². The van der Waals surface area contributed by atoms with Gasteiger partial charge in [0, 0.05) is 19.1 Å². The van der Waals surface area contributed by atoms with Gasteiger partial charge in [-0.2, -0.15) is 0 Å². The first kappa shape index (κ1) is 13.9. The van der Waals surface area contributed by atoms with E-state index in [-0.39, 0.29) is 0 Å². The number of rotatable bonds is 3. The Morgan fingerprint density at radius 1 is 1.22 bits per heavy atom. The predicted octanol–water partition coefficient (Wildman–Crippen LogP) is 3.14. The number of carboxylic acids is 1. The van der Waals surface area contributed by atoms with Crippen molar-refractivity contribution in [2.45, 2.75) is 64.8 Å². The summed E-state index contributed by atoms with van der Waals surface area (Å²) in [6.45, 7) is 6.37. The molecular formula is C15H27NO2. The average molecular weight is 253 g/mol. The van der Waals surface area contributed by atoms with Crippen LogP contribution in [-0.4, -0.2) is 35.1 Å². The molecule has 104 valence electrons. The molecular weight excluding hydrogens is 226 g/mol. The highest BCUT2D eigenvalue weighted by atomic mass is 16.4. The number of hydrogen-bond acceptors (Lipinski definition) is 2. The van der Waals surface area contributed by atoms with E-state index >= 15 is 0 Å². The summed E-state index contributed by atoms with van der Waals surface area (Å²) in [4.78, 5) is 14.2. The smallest absolute Gasteiger partial charge is 0.310 e. The summed E-state index contributed by atoms with van der Waals surface area (Å²) in [5.74, 6) is 0.160. The number of carboxylic acid groups (broad SMARTS) is 1. The zero-order valence-corrected chi connectivity index (χ0v) is 11.8. The van der Waals surface area contributed by atoms with Crippen LogP contribution in [0.1, 0.15) is 58.8 Å². The minimum absolute atomic E-state index is 0.463. The SMILES string of the molecule is CC1CC(C)N(CC2(C(=O)O)CCCCCC2)C1. The van der Waals surface area contributed by atoms with Crippen molar-refractivity contribution < 1.29 is 9.90 Å². The van der Waals surface area contributed by atoms with Gasteiger partial charge in [0.2, 0.25) is 0 Å². The molecule has 0 aromatic heterocycles. The fraction of sp³-hybridized carbons (Fsp3) is 0.933. The molecule has 0 spiro atoms. The molecule has 0 aromatic rings. The van der Waals surface area contributed by atoms with Crippen molar-refractivity contribution in [3.8, 4) is 0 Å². The Labute approximate surface area is 111 Å². The largest absolute Gasteiger partial charge is 0.481 e. The molecule has 0 aromatic carbocycles. The highest BCUT2D eigenvalue weighted by molar-refractivity contribution is 5.75. The highest BCUT2D eigenvalue weighted by Crippen LogP contribution is 2.38.